The summed E-state index contributed by atoms with van der Waals surface area (Å²) in [6.07, 6.45) is 6.19. The molecule has 0 radical (unpaired) electrons. The van der Waals surface area contributed by atoms with Crippen molar-refractivity contribution in [2.75, 3.05) is 0 Å². The highest BCUT2D eigenvalue weighted by molar-refractivity contribution is 5.22. The second-order valence-corrected chi connectivity index (χ2v) is 7.36. The monoisotopic (exact) mass is 323 g/mol. The predicted molar refractivity (Wildman–Crippen MR) is 91.4 cm³/mol. The highest BCUT2D eigenvalue weighted by Crippen LogP contribution is 2.44. The molecule has 0 heterocycles. The first-order valence-electron chi connectivity index (χ1n) is 10.8. The van der Waals surface area contributed by atoms with Crippen molar-refractivity contribution >= 4 is 0 Å². The molecular formula is C21H30F2. The predicted octanol–water partition coefficient (Wildman–Crippen LogP) is 6.85. The summed E-state index contributed by atoms with van der Waals surface area (Å²) in [5, 5.41) is 0. The molecule has 0 saturated heterocycles. The van der Waals surface area contributed by atoms with Gasteiger partial charge in [0.05, 0.1) is 0 Å². The minimum atomic E-state index is -1.56. The van der Waals surface area contributed by atoms with Gasteiger partial charge in [-0.3, -0.25) is 0 Å². The SMILES string of the molecule is [2H][C@@H]1C[C@@H]([C@H]2CC[C@H](CCC)CC2)CC([2H])([2H])C1c1ccc(F)c(F)c1. The van der Waals surface area contributed by atoms with E-state index < -0.39 is 30.3 Å². The maximum atomic E-state index is 13.6. The van der Waals surface area contributed by atoms with Crippen LogP contribution in [0.15, 0.2) is 18.2 Å². The fourth-order valence-corrected chi connectivity index (χ4v) is 4.43. The largest absolute Gasteiger partial charge is 0.204 e. The van der Waals surface area contributed by atoms with Crippen LogP contribution in [0.5, 0.6) is 0 Å². The lowest BCUT2D eigenvalue weighted by Crippen LogP contribution is -2.25. The van der Waals surface area contributed by atoms with E-state index in [1.165, 1.54) is 31.7 Å². The molecule has 2 heteroatoms. The average molecular weight is 323 g/mol. The minimum absolute atomic E-state index is 0.233. The second-order valence-electron chi connectivity index (χ2n) is 7.36. The molecule has 1 aromatic rings. The standard InChI is InChI=1S/C21H30F2/c1-2-3-15-4-6-16(7-5-15)17-8-10-18(11-9-17)19-12-13-20(22)21(23)14-19/h12-18H,2-11H2,1H3/t15-,16-,17-,18?/i10D,11D2/t10-,15-,16-,17-,18?/m1/s1. The third-order valence-corrected chi connectivity index (χ3v) is 5.83. The number of rotatable bonds is 4. The van der Waals surface area contributed by atoms with Crippen LogP contribution in [0.25, 0.3) is 0 Å². The summed E-state index contributed by atoms with van der Waals surface area (Å²) in [5.41, 5.74) is 0.416. The summed E-state index contributed by atoms with van der Waals surface area (Å²) < 4.78 is 52.5. The molecule has 3 rings (SSSR count). The second kappa shape index (κ2) is 7.77. The number of halogens is 2. The fourth-order valence-electron chi connectivity index (χ4n) is 4.43. The molecule has 128 valence electrons. The van der Waals surface area contributed by atoms with Gasteiger partial charge in [0.1, 0.15) is 0 Å². The molecule has 0 aromatic heterocycles. The molecule has 0 N–H and O–H groups in total. The van der Waals surface area contributed by atoms with Gasteiger partial charge in [-0.15, -0.1) is 0 Å². The van der Waals surface area contributed by atoms with Gasteiger partial charge in [0.2, 0.25) is 0 Å². The van der Waals surface area contributed by atoms with Gasteiger partial charge in [-0.25, -0.2) is 8.78 Å². The summed E-state index contributed by atoms with van der Waals surface area (Å²) in [6.45, 7) is 2.23. The molecule has 0 amide bonds. The quantitative estimate of drug-likeness (QED) is 0.568. The molecule has 2 fully saturated rings. The molecule has 2 aliphatic carbocycles. The molecular weight excluding hydrogens is 290 g/mol. The van der Waals surface area contributed by atoms with Crippen molar-refractivity contribution in [1.82, 2.24) is 0 Å². The van der Waals surface area contributed by atoms with Gasteiger partial charge in [0.15, 0.2) is 11.6 Å². The van der Waals surface area contributed by atoms with Gasteiger partial charge in [-0.1, -0.05) is 38.7 Å². The van der Waals surface area contributed by atoms with Crippen LogP contribution < -0.4 is 0 Å². The molecule has 23 heavy (non-hydrogen) atoms. The zero-order valence-corrected chi connectivity index (χ0v) is 14.0. The molecule has 0 spiro atoms. The van der Waals surface area contributed by atoms with Gasteiger partial charge >= 0.3 is 0 Å². The Kier molecular flexibility index (Phi) is 4.52. The molecule has 2 saturated carbocycles. The van der Waals surface area contributed by atoms with Crippen LogP contribution in [0, 0.1) is 29.4 Å². The van der Waals surface area contributed by atoms with Gasteiger partial charge in [-0.2, -0.15) is 0 Å². The highest BCUT2D eigenvalue weighted by atomic mass is 19.2. The van der Waals surface area contributed by atoms with Crippen LogP contribution in [-0.4, -0.2) is 0 Å². The lowest BCUT2D eigenvalue weighted by Gasteiger charge is -2.38. The van der Waals surface area contributed by atoms with Crippen molar-refractivity contribution in [3.8, 4) is 0 Å². The van der Waals surface area contributed by atoms with E-state index in [0.717, 1.165) is 30.9 Å². The smallest absolute Gasteiger partial charge is 0.159 e. The Balaban J connectivity index is 1.70. The number of hydrogen-bond donors (Lipinski definition) is 0. The summed E-state index contributed by atoms with van der Waals surface area (Å²) in [6, 6.07) is 3.57. The van der Waals surface area contributed by atoms with E-state index in [1.807, 2.05) is 0 Å². The lowest BCUT2D eigenvalue weighted by atomic mass is 9.68. The van der Waals surface area contributed by atoms with E-state index in [-0.39, 0.29) is 5.92 Å². The summed E-state index contributed by atoms with van der Waals surface area (Å²) in [4.78, 5) is 0. The van der Waals surface area contributed by atoms with Gasteiger partial charge < -0.3 is 0 Å². The van der Waals surface area contributed by atoms with Crippen molar-refractivity contribution in [1.29, 1.82) is 0 Å². The Bertz CT molecular complexity index is 611. The van der Waals surface area contributed by atoms with Crippen molar-refractivity contribution in [3.05, 3.63) is 35.4 Å². The molecule has 2 aliphatic rings. The van der Waals surface area contributed by atoms with E-state index in [4.69, 9.17) is 4.11 Å². The van der Waals surface area contributed by atoms with Crippen LogP contribution in [-0.2, 0) is 0 Å². The Morgan fingerprint density at radius 2 is 1.74 bits per heavy atom. The van der Waals surface area contributed by atoms with Gasteiger partial charge in [0, 0.05) is 4.11 Å². The molecule has 0 bridgehead atoms. The topological polar surface area (TPSA) is 0 Å². The van der Waals surface area contributed by atoms with Crippen LogP contribution in [0.1, 0.15) is 86.7 Å². The van der Waals surface area contributed by atoms with Crippen molar-refractivity contribution in [2.24, 2.45) is 17.8 Å². The molecule has 1 unspecified atom stereocenters. The summed E-state index contributed by atoms with van der Waals surface area (Å²) in [5.74, 6) is -1.01. The van der Waals surface area contributed by atoms with E-state index in [0.29, 0.717) is 24.3 Å². The van der Waals surface area contributed by atoms with Crippen LogP contribution in [0.4, 0.5) is 8.78 Å². The first kappa shape index (κ1) is 13.4. The maximum Gasteiger partial charge on any atom is 0.159 e. The molecule has 3 atom stereocenters. The molecule has 0 nitrogen and oxygen atoms in total. The van der Waals surface area contributed by atoms with Crippen LogP contribution in [0.3, 0.4) is 0 Å². The first-order chi connectivity index (χ1) is 12.3. The zero-order chi connectivity index (χ0) is 18.9. The Hall–Kier alpha value is -0.920. The molecule has 0 aliphatic heterocycles. The van der Waals surface area contributed by atoms with E-state index in [2.05, 4.69) is 6.92 Å². The highest BCUT2D eigenvalue weighted by Gasteiger charge is 2.31. The van der Waals surface area contributed by atoms with Crippen LogP contribution in [0.2, 0.25) is 0 Å². The number of hydrogen-bond acceptors (Lipinski definition) is 0. The first-order valence-corrected chi connectivity index (χ1v) is 9.19. The van der Waals surface area contributed by atoms with E-state index >= 15 is 0 Å². The Morgan fingerprint density at radius 1 is 1.00 bits per heavy atom. The maximum absolute atomic E-state index is 13.6. The normalized spacial score (nSPS) is 39.3. The van der Waals surface area contributed by atoms with Crippen molar-refractivity contribution < 1.29 is 12.9 Å². The third kappa shape index (κ3) is 4.14. The average Bonchev–Trinajstić information content (AvgIpc) is 2.57. The summed E-state index contributed by atoms with van der Waals surface area (Å²) >= 11 is 0. The zero-order valence-electron chi connectivity index (χ0n) is 17.0. The minimum Gasteiger partial charge on any atom is -0.204 e. The van der Waals surface area contributed by atoms with E-state index in [1.54, 1.807) is 0 Å². The number of benzene rings is 1. The summed E-state index contributed by atoms with van der Waals surface area (Å²) in [7, 11) is 0. The van der Waals surface area contributed by atoms with Gasteiger partial charge in [-0.05, 0) is 79.8 Å². The molecule has 1 aromatic carbocycles. The Labute approximate surface area is 143 Å². The van der Waals surface area contributed by atoms with Gasteiger partial charge in [0.25, 0.3) is 0 Å². The van der Waals surface area contributed by atoms with E-state index in [9.17, 15) is 8.78 Å². The van der Waals surface area contributed by atoms with Crippen LogP contribution >= 0.6 is 0 Å². The van der Waals surface area contributed by atoms with Crippen molar-refractivity contribution in [2.45, 2.75) is 77.0 Å². The Morgan fingerprint density at radius 3 is 2.39 bits per heavy atom. The van der Waals surface area contributed by atoms with Crippen molar-refractivity contribution in [3.63, 3.8) is 0 Å². The lowest BCUT2D eigenvalue weighted by molar-refractivity contribution is 0.156. The fraction of sp³-hybridized carbons (Fsp3) is 0.714. The third-order valence-electron chi connectivity index (χ3n) is 5.83.